The second kappa shape index (κ2) is 7.03. The lowest BCUT2D eigenvalue weighted by atomic mass is 10.1. The number of rotatable bonds is 5. The molecule has 0 amide bonds. The zero-order valence-corrected chi connectivity index (χ0v) is 13.7. The molecule has 3 heterocycles. The lowest BCUT2D eigenvalue weighted by Gasteiger charge is -2.31. The summed E-state index contributed by atoms with van der Waals surface area (Å²) in [5, 5.41) is 10.7. The predicted octanol–water partition coefficient (Wildman–Crippen LogP) is 2.09. The SMILES string of the molecule is c1ccc(-c2[nH]ncc2CNC[C@@H]2COC3(CCOCC3)O2)cc1. The Bertz CT molecular complexity index is 653. The van der Waals surface area contributed by atoms with Gasteiger partial charge in [-0.1, -0.05) is 30.3 Å². The van der Waals surface area contributed by atoms with E-state index in [1.165, 1.54) is 0 Å². The van der Waals surface area contributed by atoms with Crippen LogP contribution in [0.1, 0.15) is 18.4 Å². The maximum Gasteiger partial charge on any atom is 0.173 e. The van der Waals surface area contributed by atoms with Gasteiger partial charge in [0.05, 0.1) is 37.8 Å². The van der Waals surface area contributed by atoms with Crippen LogP contribution < -0.4 is 5.32 Å². The van der Waals surface area contributed by atoms with Gasteiger partial charge in [-0.3, -0.25) is 5.10 Å². The largest absolute Gasteiger partial charge is 0.381 e. The van der Waals surface area contributed by atoms with Gasteiger partial charge in [0.2, 0.25) is 0 Å². The summed E-state index contributed by atoms with van der Waals surface area (Å²) in [5.74, 6) is -0.407. The summed E-state index contributed by atoms with van der Waals surface area (Å²) < 4.78 is 17.4. The van der Waals surface area contributed by atoms with Crippen molar-refractivity contribution in [1.29, 1.82) is 0 Å². The molecule has 1 spiro atoms. The van der Waals surface area contributed by atoms with Gasteiger partial charge >= 0.3 is 0 Å². The quantitative estimate of drug-likeness (QED) is 0.879. The first kappa shape index (κ1) is 15.8. The number of H-pyrrole nitrogens is 1. The third-order valence-corrected chi connectivity index (χ3v) is 4.64. The molecule has 2 aliphatic heterocycles. The summed E-state index contributed by atoms with van der Waals surface area (Å²) in [5.41, 5.74) is 3.36. The molecule has 4 rings (SSSR count). The molecule has 24 heavy (non-hydrogen) atoms. The van der Waals surface area contributed by atoms with E-state index in [0.717, 1.165) is 56.0 Å². The monoisotopic (exact) mass is 329 g/mol. The summed E-state index contributed by atoms with van der Waals surface area (Å²) in [6, 6.07) is 10.2. The van der Waals surface area contributed by atoms with Crippen molar-refractivity contribution in [2.24, 2.45) is 0 Å². The second-order valence-electron chi connectivity index (χ2n) is 6.34. The van der Waals surface area contributed by atoms with E-state index >= 15 is 0 Å². The van der Waals surface area contributed by atoms with E-state index < -0.39 is 5.79 Å². The molecule has 0 unspecified atom stereocenters. The number of aromatic amines is 1. The first-order valence-electron chi connectivity index (χ1n) is 8.53. The van der Waals surface area contributed by atoms with Crippen molar-refractivity contribution < 1.29 is 14.2 Å². The van der Waals surface area contributed by atoms with Crippen LogP contribution in [0.15, 0.2) is 36.5 Å². The van der Waals surface area contributed by atoms with E-state index in [2.05, 4.69) is 27.6 Å². The molecular formula is C18H23N3O3. The van der Waals surface area contributed by atoms with E-state index in [9.17, 15) is 0 Å². The maximum absolute atomic E-state index is 6.14. The van der Waals surface area contributed by atoms with Crippen LogP contribution in [0.4, 0.5) is 0 Å². The van der Waals surface area contributed by atoms with Crippen molar-refractivity contribution in [2.45, 2.75) is 31.3 Å². The van der Waals surface area contributed by atoms with E-state index in [4.69, 9.17) is 14.2 Å². The minimum atomic E-state index is -0.407. The van der Waals surface area contributed by atoms with E-state index in [-0.39, 0.29) is 6.10 Å². The molecule has 0 bridgehead atoms. The molecule has 2 aromatic rings. The van der Waals surface area contributed by atoms with Crippen LogP contribution >= 0.6 is 0 Å². The summed E-state index contributed by atoms with van der Waals surface area (Å²) in [7, 11) is 0. The molecule has 0 saturated carbocycles. The molecule has 1 atom stereocenters. The number of nitrogens with zero attached hydrogens (tertiary/aromatic N) is 1. The van der Waals surface area contributed by atoms with Crippen LogP contribution in [0.5, 0.6) is 0 Å². The van der Waals surface area contributed by atoms with Gasteiger partial charge in [-0.25, -0.2) is 0 Å². The lowest BCUT2D eigenvalue weighted by Crippen LogP contribution is -2.39. The molecule has 0 aliphatic carbocycles. The first-order valence-corrected chi connectivity index (χ1v) is 8.53. The van der Waals surface area contributed by atoms with Crippen LogP contribution in [0.3, 0.4) is 0 Å². The van der Waals surface area contributed by atoms with Crippen molar-refractivity contribution in [3.63, 3.8) is 0 Å². The Morgan fingerprint density at radius 2 is 2.04 bits per heavy atom. The fraction of sp³-hybridized carbons (Fsp3) is 0.500. The highest BCUT2D eigenvalue weighted by Crippen LogP contribution is 2.33. The van der Waals surface area contributed by atoms with E-state index in [1.807, 2.05) is 24.4 Å². The molecule has 128 valence electrons. The predicted molar refractivity (Wildman–Crippen MR) is 89.3 cm³/mol. The van der Waals surface area contributed by atoms with Gasteiger partial charge in [-0.05, 0) is 5.56 Å². The van der Waals surface area contributed by atoms with Gasteiger partial charge in [-0.15, -0.1) is 0 Å². The van der Waals surface area contributed by atoms with Crippen LogP contribution in [-0.2, 0) is 20.8 Å². The number of benzene rings is 1. The standard InChI is InChI=1S/C18H23N3O3/c1-2-4-14(5-3-1)17-15(11-20-21-17)10-19-12-16-13-23-18(24-16)6-8-22-9-7-18/h1-5,11,16,19H,6-10,12-13H2,(H,20,21)/t16-/m1/s1. The minimum absolute atomic E-state index is 0.0928. The summed E-state index contributed by atoms with van der Waals surface area (Å²) >= 11 is 0. The Morgan fingerprint density at radius 3 is 2.88 bits per heavy atom. The topological polar surface area (TPSA) is 68.4 Å². The summed E-state index contributed by atoms with van der Waals surface area (Å²) in [6.07, 6.45) is 3.61. The van der Waals surface area contributed by atoms with Crippen LogP contribution in [0, 0.1) is 0 Å². The van der Waals surface area contributed by atoms with Gasteiger partial charge in [0.15, 0.2) is 5.79 Å². The fourth-order valence-electron chi connectivity index (χ4n) is 3.33. The number of nitrogens with one attached hydrogen (secondary N) is 2. The molecule has 6 heteroatoms. The highest BCUT2D eigenvalue weighted by molar-refractivity contribution is 5.62. The minimum Gasteiger partial charge on any atom is -0.381 e. The van der Waals surface area contributed by atoms with Crippen molar-refractivity contribution in [3.05, 3.63) is 42.1 Å². The van der Waals surface area contributed by atoms with Gasteiger partial charge in [0.25, 0.3) is 0 Å². The molecular weight excluding hydrogens is 306 g/mol. The highest BCUT2D eigenvalue weighted by Gasteiger charge is 2.42. The molecule has 2 N–H and O–H groups in total. The zero-order valence-electron chi connectivity index (χ0n) is 13.7. The fourth-order valence-corrected chi connectivity index (χ4v) is 3.33. The third kappa shape index (κ3) is 3.37. The Hall–Kier alpha value is -1.73. The number of hydrogen-bond acceptors (Lipinski definition) is 5. The summed E-state index contributed by atoms with van der Waals surface area (Å²) in [4.78, 5) is 0. The van der Waals surface area contributed by atoms with Gasteiger partial charge in [-0.2, -0.15) is 5.10 Å². The zero-order chi connectivity index (χ0) is 16.2. The molecule has 2 saturated heterocycles. The summed E-state index contributed by atoms with van der Waals surface area (Å²) in [6.45, 7) is 3.59. The van der Waals surface area contributed by atoms with Gasteiger partial charge in [0, 0.05) is 31.5 Å². The Kier molecular flexibility index (Phi) is 4.62. The first-order chi connectivity index (χ1) is 11.8. The molecule has 6 nitrogen and oxygen atoms in total. The number of aromatic nitrogens is 2. The van der Waals surface area contributed by atoms with Crippen LogP contribution in [-0.4, -0.2) is 48.5 Å². The highest BCUT2D eigenvalue weighted by atomic mass is 16.7. The van der Waals surface area contributed by atoms with Crippen LogP contribution in [0.25, 0.3) is 11.3 Å². The molecule has 1 aromatic heterocycles. The van der Waals surface area contributed by atoms with Crippen molar-refractivity contribution in [2.75, 3.05) is 26.4 Å². The number of hydrogen-bond donors (Lipinski definition) is 2. The average molecular weight is 329 g/mol. The maximum atomic E-state index is 6.14. The molecule has 2 fully saturated rings. The van der Waals surface area contributed by atoms with Gasteiger partial charge < -0.3 is 19.5 Å². The normalized spacial score (nSPS) is 22.9. The van der Waals surface area contributed by atoms with E-state index in [0.29, 0.717) is 6.61 Å². The van der Waals surface area contributed by atoms with Crippen molar-refractivity contribution in [3.8, 4) is 11.3 Å². The Morgan fingerprint density at radius 1 is 1.21 bits per heavy atom. The molecule has 1 aromatic carbocycles. The molecule has 0 radical (unpaired) electrons. The third-order valence-electron chi connectivity index (χ3n) is 4.64. The smallest absolute Gasteiger partial charge is 0.173 e. The number of ether oxygens (including phenoxy) is 3. The second-order valence-corrected chi connectivity index (χ2v) is 6.34. The van der Waals surface area contributed by atoms with Gasteiger partial charge in [0.1, 0.15) is 0 Å². The average Bonchev–Trinajstić information content (AvgIpc) is 3.24. The van der Waals surface area contributed by atoms with E-state index in [1.54, 1.807) is 0 Å². The lowest BCUT2D eigenvalue weighted by molar-refractivity contribution is -0.210. The van der Waals surface area contributed by atoms with Crippen LogP contribution in [0.2, 0.25) is 0 Å². The molecule has 2 aliphatic rings. The Labute approximate surface area is 141 Å². The Balaban J connectivity index is 1.30. The van der Waals surface area contributed by atoms with Crippen molar-refractivity contribution in [1.82, 2.24) is 15.5 Å². The van der Waals surface area contributed by atoms with Crippen molar-refractivity contribution >= 4 is 0 Å².